The van der Waals surface area contributed by atoms with Crippen molar-refractivity contribution in [3.63, 3.8) is 0 Å². The number of Topliss-reactive ketones (excluding diaryl/α,β-unsaturated/α-hetero) is 1. The van der Waals surface area contributed by atoms with Crippen molar-refractivity contribution < 1.29 is 4.79 Å². The number of piperazine rings is 1. The highest BCUT2D eigenvalue weighted by atomic mass is 35.5. The molecule has 3 nitrogen and oxygen atoms in total. The molecular formula is C14H19ClN2O. The molecule has 1 aliphatic heterocycles. The third-order valence-corrected chi connectivity index (χ3v) is 3.61. The van der Waals surface area contributed by atoms with Crippen LogP contribution in [0.25, 0.3) is 0 Å². The summed E-state index contributed by atoms with van der Waals surface area (Å²) in [4.78, 5) is 16.0. The molecule has 0 saturated carbocycles. The maximum absolute atomic E-state index is 11.4. The van der Waals surface area contributed by atoms with Gasteiger partial charge in [0.1, 0.15) is 5.78 Å². The monoisotopic (exact) mass is 266 g/mol. The number of carbonyl (C=O) groups is 1. The first-order valence-electron chi connectivity index (χ1n) is 6.43. The van der Waals surface area contributed by atoms with Crippen LogP contribution in [0.2, 0.25) is 5.02 Å². The fourth-order valence-corrected chi connectivity index (χ4v) is 2.30. The maximum atomic E-state index is 11.4. The standard InChI is InChI=1S/C14H19ClN2O/c1-2-14(18)11-16-7-9-17(10-8-16)13-5-3-12(15)4-6-13/h3-6H,2,7-11H2,1H3. The number of hydrogen-bond donors (Lipinski definition) is 0. The van der Waals surface area contributed by atoms with Gasteiger partial charge in [-0.25, -0.2) is 0 Å². The maximum Gasteiger partial charge on any atom is 0.146 e. The molecule has 0 bridgehead atoms. The summed E-state index contributed by atoms with van der Waals surface area (Å²) in [5.74, 6) is 0.329. The molecule has 1 heterocycles. The second kappa shape index (κ2) is 6.21. The van der Waals surface area contributed by atoms with Gasteiger partial charge >= 0.3 is 0 Å². The average molecular weight is 267 g/mol. The molecular weight excluding hydrogens is 248 g/mol. The molecule has 1 saturated heterocycles. The Balaban J connectivity index is 1.86. The minimum absolute atomic E-state index is 0.329. The van der Waals surface area contributed by atoms with Crippen molar-refractivity contribution in [1.29, 1.82) is 0 Å². The Labute approximate surface area is 113 Å². The van der Waals surface area contributed by atoms with Gasteiger partial charge in [-0.3, -0.25) is 9.69 Å². The molecule has 0 N–H and O–H groups in total. The molecule has 0 aromatic heterocycles. The van der Waals surface area contributed by atoms with Gasteiger partial charge in [0.05, 0.1) is 6.54 Å². The van der Waals surface area contributed by atoms with Gasteiger partial charge in [-0.05, 0) is 24.3 Å². The van der Waals surface area contributed by atoms with Crippen LogP contribution < -0.4 is 4.90 Å². The lowest BCUT2D eigenvalue weighted by Gasteiger charge is -2.35. The molecule has 0 aliphatic carbocycles. The minimum Gasteiger partial charge on any atom is -0.369 e. The van der Waals surface area contributed by atoms with Crippen molar-refractivity contribution in [2.24, 2.45) is 0 Å². The van der Waals surface area contributed by atoms with Crippen LogP contribution in [0, 0.1) is 0 Å². The highest BCUT2D eigenvalue weighted by molar-refractivity contribution is 6.30. The van der Waals surface area contributed by atoms with Crippen molar-refractivity contribution in [2.75, 3.05) is 37.6 Å². The van der Waals surface area contributed by atoms with Gasteiger partial charge < -0.3 is 4.90 Å². The Bertz CT molecular complexity index is 397. The van der Waals surface area contributed by atoms with Gasteiger partial charge in [0, 0.05) is 43.3 Å². The van der Waals surface area contributed by atoms with E-state index in [1.807, 2.05) is 19.1 Å². The number of ketones is 1. The second-order valence-electron chi connectivity index (χ2n) is 4.63. The van der Waals surface area contributed by atoms with Crippen LogP contribution in [-0.2, 0) is 4.79 Å². The number of nitrogens with zero attached hydrogens (tertiary/aromatic N) is 2. The molecule has 2 rings (SSSR count). The summed E-state index contributed by atoms with van der Waals surface area (Å²) in [6.07, 6.45) is 0.636. The van der Waals surface area contributed by atoms with Gasteiger partial charge in [0.25, 0.3) is 0 Å². The van der Waals surface area contributed by atoms with E-state index in [9.17, 15) is 4.79 Å². The molecule has 1 fully saturated rings. The Kier molecular flexibility index (Phi) is 4.61. The van der Waals surface area contributed by atoms with E-state index in [4.69, 9.17) is 11.6 Å². The Morgan fingerprint density at radius 2 is 1.78 bits per heavy atom. The summed E-state index contributed by atoms with van der Waals surface area (Å²) in [6.45, 7) is 6.37. The Hall–Kier alpha value is -1.06. The number of hydrogen-bond acceptors (Lipinski definition) is 3. The van der Waals surface area contributed by atoms with Crippen LogP contribution >= 0.6 is 11.6 Å². The minimum atomic E-state index is 0.329. The molecule has 98 valence electrons. The van der Waals surface area contributed by atoms with Crippen molar-refractivity contribution in [2.45, 2.75) is 13.3 Å². The summed E-state index contributed by atoms with van der Waals surface area (Å²) < 4.78 is 0. The molecule has 1 aromatic rings. The van der Waals surface area contributed by atoms with E-state index in [1.54, 1.807) is 0 Å². The first kappa shape index (κ1) is 13.4. The van der Waals surface area contributed by atoms with E-state index in [2.05, 4.69) is 21.9 Å². The van der Waals surface area contributed by atoms with E-state index in [0.717, 1.165) is 31.2 Å². The van der Waals surface area contributed by atoms with Gasteiger partial charge in [-0.1, -0.05) is 18.5 Å². The predicted octanol–water partition coefficient (Wildman–Crippen LogP) is 2.44. The zero-order chi connectivity index (χ0) is 13.0. The van der Waals surface area contributed by atoms with E-state index in [-0.39, 0.29) is 0 Å². The van der Waals surface area contributed by atoms with E-state index < -0.39 is 0 Å². The quantitative estimate of drug-likeness (QED) is 0.836. The fourth-order valence-electron chi connectivity index (χ4n) is 2.18. The van der Waals surface area contributed by atoms with Gasteiger partial charge in [0.2, 0.25) is 0 Å². The van der Waals surface area contributed by atoms with Gasteiger partial charge in [-0.2, -0.15) is 0 Å². The fraction of sp³-hybridized carbons (Fsp3) is 0.500. The molecule has 4 heteroatoms. The summed E-state index contributed by atoms with van der Waals surface area (Å²) in [6, 6.07) is 7.94. The van der Waals surface area contributed by atoms with E-state index in [1.165, 1.54) is 5.69 Å². The molecule has 1 aliphatic rings. The molecule has 1 aromatic carbocycles. The summed E-state index contributed by atoms with van der Waals surface area (Å²) in [5.41, 5.74) is 1.21. The molecule has 0 radical (unpaired) electrons. The van der Waals surface area contributed by atoms with Crippen molar-refractivity contribution >= 4 is 23.1 Å². The largest absolute Gasteiger partial charge is 0.369 e. The van der Waals surface area contributed by atoms with Crippen LogP contribution in [0.5, 0.6) is 0 Å². The molecule has 0 atom stereocenters. The Morgan fingerprint density at radius 1 is 1.17 bits per heavy atom. The van der Waals surface area contributed by atoms with Gasteiger partial charge in [-0.15, -0.1) is 0 Å². The topological polar surface area (TPSA) is 23.6 Å². The first-order valence-corrected chi connectivity index (χ1v) is 6.81. The smallest absolute Gasteiger partial charge is 0.146 e. The SMILES string of the molecule is CCC(=O)CN1CCN(c2ccc(Cl)cc2)CC1. The third kappa shape index (κ3) is 3.47. The van der Waals surface area contributed by atoms with Gasteiger partial charge in [0.15, 0.2) is 0 Å². The first-order chi connectivity index (χ1) is 8.69. The number of rotatable bonds is 4. The van der Waals surface area contributed by atoms with E-state index in [0.29, 0.717) is 18.7 Å². The Morgan fingerprint density at radius 3 is 2.33 bits per heavy atom. The molecule has 18 heavy (non-hydrogen) atoms. The van der Waals surface area contributed by atoms with Crippen molar-refractivity contribution in [3.05, 3.63) is 29.3 Å². The summed E-state index contributed by atoms with van der Waals surface area (Å²) >= 11 is 5.88. The molecule has 0 unspecified atom stereocenters. The normalized spacial score (nSPS) is 16.9. The zero-order valence-electron chi connectivity index (χ0n) is 10.7. The number of anilines is 1. The number of carbonyl (C=O) groups excluding carboxylic acids is 1. The van der Waals surface area contributed by atoms with Crippen molar-refractivity contribution in [1.82, 2.24) is 4.90 Å². The number of benzene rings is 1. The van der Waals surface area contributed by atoms with Crippen LogP contribution in [0.4, 0.5) is 5.69 Å². The lowest BCUT2D eigenvalue weighted by Crippen LogP contribution is -2.47. The zero-order valence-corrected chi connectivity index (χ0v) is 11.5. The molecule has 0 amide bonds. The average Bonchev–Trinajstić information content (AvgIpc) is 2.40. The van der Waals surface area contributed by atoms with Crippen LogP contribution in [0.15, 0.2) is 24.3 Å². The third-order valence-electron chi connectivity index (χ3n) is 3.36. The lowest BCUT2D eigenvalue weighted by molar-refractivity contribution is -0.119. The highest BCUT2D eigenvalue weighted by Crippen LogP contribution is 2.19. The predicted molar refractivity (Wildman–Crippen MR) is 75.4 cm³/mol. The lowest BCUT2D eigenvalue weighted by atomic mass is 10.2. The highest BCUT2D eigenvalue weighted by Gasteiger charge is 2.18. The van der Waals surface area contributed by atoms with Crippen LogP contribution in [0.1, 0.15) is 13.3 Å². The number of halogens is 1. The van der Waals surface area contributed by atoms with Crippen LogP contribution in [-0.4, -0.2) is 43.4 Å². The summed E-state index contributed by atoms with van der Waals surface area (Å²) in [5, 5.41) is 0.769. The summed E-state index contributed by atoms with van der Waals surface area (Å²) in [7, 11) is 0. The second-order valence-corrected chi connectivity index (χ2v) is 5.07. The van der Waals surface area contributed by atoms with E-state index >= 15 is 0 Å². The molecule has 0 spiro atoms. The van der Waals surface area contributed by atoms with Crippen LogP contribution in [0.3, 0.4) is 0 Å². The van der Waals surface area contributed by atoms with Crippen molar-refractivity contribution in [3.8, 4) is 0 Å².